The lowest BCUT2D eigenvalue weighted by atomic mass is 10.2. The summed E-state index contributed by atoms with van der Waals surface area (Å²) >= 11 is 4.80. The minimum absolute atomic E-state index is 0.0552. The van der Waals surface area contributed by atoms with Gasteiger partial charge < -0.3 is 36.0 Å². The third kappa shape index (κ3) is 5.91. The Balaban J connectivity index is 2.02. The van der Waals surface area contributed by atoms with E-state index in [9.17, 15) is 18.4 Å². The first kappa shape index (κ1) is 22.1. The first-order chi connectivity index (χ1) is 13.7. The van der Waals surface area contributed by atoms with Crippen molar-refractivity contribution in [1.82, 2.24) is 10.2 Å². The molecule has 0 aromatic heterocycles. The van der Waals surface area contributed by atoms with Crippen molar-refractivity contribution in [3.8, 4) is 0 Å². The molecule has 1 aromatic carbocycles. The fourth-order valence-electron chi connectivity index (χ4n) is 2.69. The highest BCUT2D eigenvalue weighted by atomic mass is 32.1. The minimum Gasteiger partial charge on any atom is -0.474 e. The number of aliphatic carboxylic acids is 1. The van der Waals surface area contributed by atoms with E-state index in [2.05, 4.69) is 10.6 Å². The van der Waals surface area contributed by atoms with Gasteiger partial charge in [-0.1, -0.05) is 0 Å². The Kier molecular flexibility index (Phi) is 7.53. The van der Waals surface area contributed by atoms with Crippen molar-refractivity contribution in [2.24, 2.45) is 5.73 Å². The molecule has 0 aliphatic carbocycles. The number of nitrogens with two attached hydrogens (primary N) is 1. The summed E-state index contributed by atoms with van der Waals surface area (Å²) < 4.78 is 33.8. The summed E-state index contributed by atoms with van der Waals surface area (Å²) in [7, 11) is 1.41. The van der Waals surface area contributed by atoms with Gasteiger partial charge in [-0.25, -0.2) is 13.6 Å². The van der Waals surface area contributed by atoms with Crippen LogP contribution in [0.3, 0.4) is 0 Å². The second kappa shape index (κ2) is 9.87. The molecule has 158 valence electrons. The molecular formula is C17H21F2N5O4S. The molecule has 29 heavy (non-hydrogen) atoms. The number of nitrogens with zero attached hydrogens (tertiary/aromatic N) is 2. The van der Waals surface area contributed by atoms with Gasteiger partial charge in [-0.2, -0.15) is 0 Å². The molecule has 12 heteroatoms. The first-order valence-electron chi connectivity index (χ1n) is 8.52. The molecule has 1 aliphatic rings. The first-order valence-corrected chi connectivity index (χ1v) is 8.92. The van der Waals surface area contributed by atoms with Crippen molar-refractivity contribution in [2.45, 2.75) is 0 Å². The van der Waals surface area contributed by atoms with Crippen LogP contribution < -0.4 is 21.3 Å². The van der Waals surface area contributed by atoms with Gasteiger partial charge in [0.25, 0.3) is 5.17 Å². The summed E-state index contributed by atoms with van der Waals surface area (Å²) in [6, 6.07) is 2.23. The number of carboxylic acid groups (broad SMARTS) is 1. The van der Waals surface area contributed by atoms with Gasteiger partial charge in [-0.05, 0) is 24.4 Å². The number of hydrogen-bond acceptors (Lipinski definition) is 7. The number of nitrogens with one attached hydrogen (secondary N) is 2. The molecule has 0 radical (unpaired) electrons. The molecule has 2 rings (SSSR count). The number of methoxy groups -OCH3 is 1. The summed E-state index contributed by atoms with van der Waals surface area (Å²) in [4.78, 5) is 24.8. The molecule has 1 aromatic rings. The van der Waals surface area contributed by atoms with E-state index in [4.69, 9.17) is 27.8 Å². The van der Waals surface area contributed by atoms with Crippen LogP contribution in [-0.2, 0) is 14.3 Å². The quantitative estimate of drug-likeness (QED) is 0.390. The van der Waals surface area contributed by atoms with Gasteiger partial charge in [0, 0.05) is 43.8 Å². The van der Waals surface area contributed by atoms with Crippen LogP contribution in [0.25, 0.3) is 0 Å². The molecule has 5 N–H and O–H groups in total. The van der Waals surface area contributed by atoms with Crippen LogP contribution in [-0.4, -0.2) is 66.9 Å². The van der Waals surface area contributed by atoms with Crippen LogP contribution in [0, 0.1) is 11.6 Å². The van der Waals surface area contributed by atoms with Gasteiger partial charge in [-0.15, -0.1) is 0 Å². The Bertz CT molecular complexity index is 805. The van der Waals surface area contributed by atoms with Crippen molar-refractivity contribution in [3.63, 3.8) is 0 Å². The lowest BCUT2D eigenvalue weighted by molar-refractivity contribution is -0.156. The number of rotatable bonds is 5. The maximum absolute atomic E-state index is 14.5. The molecular weight excluding hydrogens is 408 g/mol. The lowest BCUT2D eigenvalue weighted by Gasteiger charge is -2.35. The second-order valence-corrected chi connectivity index (χ2v) is 6.45. The zero-order valence-corrected chi connectivity index (χ0v) is 16.4. The molecule has 1 saturated heterocycles. The summed E-state index contributed by atoms with van der Waals surface area (Å²) in [5.41, 5.74) is 6.00. The highest BCUT2D eigenvalue weighted by Crippen LogP contribution is 2.28. The van der Waals surface area contributed by atoms with Crippen LogP contribution >= 0.6 is 12.2 Å². The number of carboxylic acids is 1. The topological polar surface area (TPSA) is 120 Å². The normalized spacial score (nSPS) is 14.4. The molecule has 1 aliphatic heterocycles. The molecule has 0 atom stereocenters. The SMILES string of the molecule is COC(=S)NC/C(N)=C/Nc1cc(F)c(N2CCN(C(=O)C(=O)O)CC2)c(F)c1. The van der Waals surface area contributed by atoms with E-state index >= 15 is 0 Å². The molecule has 0 bridgehead atoms. The van der Waals surface area contributed by atoms with Crippen molar-refractivity contribution < 1.29 is 28.2 Å². The van der Waals surface area contributed by atoms with Gasteiger partial charge in [0.1, 0.15) is 5.69 Å². The third-order valence-corrected chi connectivity index (χ3v) is 4.44. The van der Waals surface area contributed by atoms with Crippen LogP contribution in [0.15, 0.2) is 24.0 Å². The van der Waals surface area contributed by atoms with Crippen LogP contribution in [0.5, 0.6) is 0 Å². The number of ether oxygens (including phenoxy) is 1. The summed E-state index contributed by atoms with van der Waals surface area (Å²) in [5.74, 6) is -4.18. The van der Waals surface area contributed by atoms with Crippen LogP contribution in [0.4, 0.5) is 20.2 Å². The van der Waals surface area contributed by atoms with Gasteiger partial charge in [0.15, 0.2) is 11.6 Å². The fraction of sp³-hybridized carbons (Fsp3) is 0.353. The van der Waals surface area contributed by atoms with E-state index in [0.717, 1.165) is 17.0 Å². The number of carbonyl (C=O) groups excluding carboxylic acids is 1. The monoisotopic (exact) mass is 429 g/mol. The smallest absolute Gasteiger partial charge is 0.394 e. The van der Waals surface area contributed by atoms with Gasteiger partial charge in [0.2, 0.25) is 0 Å². The Morgan fingerprint density at radius 2 is 1.86 bits per heavy atom. The molecule has 1 fully saturated rings. The molecule has 0 spiro atoms. The maximum Gasteiger partial charge on any atom is 0.394 e. The third-order valence-electron chi connectivity index (χ3n) is 4.13. The number of piperazine rings is 1. The number of halogens is 2. The van der Waals surface area contributed by atoms with Crippen LogP contribution in [0.2, 0.25) is 0 Å². The zero-order chi connectivity index (χ0) is 21.6. The number of anilines is 2. The van der Waals surface area contributed by atoms with Gasteiger partial charge >= 0.3 is 11.9 Å². The van der Waals surface area contributed by atoms with Crippen molar-refractivity contribution in [3.05, 3.63) is 35.7 Å². The molecule has 0 saturated carbocycles. The van der Waals surface area contributed by atoms with Crippen molar-refractivity contribution in [1.29, 1.82) is 0 Å². The maximum atomic E-state index is 14.5. The van der Waals surface area contributed by atoms with E-state index in [1.165, 1.54) is 18.2 Å². The van der Waals surface area contributed by atoms with Crippen LogP contribution in [0.1, 0.15) is 0 Å². The molecule has 1 heterocycles. The van der Waals surface area contributed by atoms with E-state index < -0.39 is 23.5 Å². The number of benzene rings is 1. The Morgan fingerprint density at radius 1 is 1.28 bits per heavy atom. The number of hydrogen-bond donors (Lipinski definition) is 4. The minimum atomic E-state index is -1.56. The Hall–Kier alpha value is -3.15. The summed E-state index contributed by atoms with van der Waals surface area (Å²) in [6.07, 6.45) is 1.37. The van der Waals surface area contributed by atoms with Gasteiger partial charge in [-0.3, -0.25) is 4.79 Å². The van der Waals surface area contributed by atoms with E-state index in [1.54, 1.807) is 0 Å². The highest BCUT2D eigenvalue weighted by molar-refractivity contribution is 7.80. The second-order valence-electron chi connectivity index (χ2n) is 6.08. The number of amides is 1. The van der Waals surface area contributed by atoms with E-state index in [1.807, 2.05) is 0 Å². The Morgan fingerprint density at radius 3 is 2.38 bits per heavy atom. The van der Waals surface area contributed by atoms with Crippen molar-refractivity contribution in [2.75, 3.05) is 50.1 Å². The fourth-order valence-corrected chi connectivity index (χ4v) is 2.76. The highest BCUT2D eigenvalue weighted by Gasteiger charge is 2.28. The number of carbonyl (C=O) groups is 2. The Labute approximate surface area is 171 Å². The summed E-state index contributed by atoms with van der Waals surface area (Å²) in [6.45, 7) is 0.510. The number of thiocarbonyl (C=S) groups is 1. The van der Waals surface area contributed by atoms with Crippen molar-refractivity contribution >= 4 is 40.6 Å². The van der Waals surface area contributed by atoms with E-state index in [-0.39, 0.29) is 49.3 Å². The predicted molar refractivity (Wildman–Crippen MR) is 106 cm³/mol. The average molecular weight is 429 g/mol. The molecule has 0 unspecified atom stereocenters. The summed E-state index contributed by atoms with van der Waals surface area (Å²) in [5, 5.41) is 14.3. The zero-order valence-electron chi connectivity index (χ0n) is 15.6. The predicted octanol–water partition coefficient (Wildman–Crippen LogP) is 0.431. The molecule has 1 amide bonds. The van der Waals surface area contributed by atoms with Gasteiger partial charge in [0.05, 0.1) is 13.7 Å². The largest absolute Gasteiger partial charge is 0.474 e. The standard InChI is InChI=1S/C17H21F2N5O4S/c1-28-17(29)22-9-10(20)8-21-11-6-12(18)14(13(19)7-11)23-2-4-24(5-3-23)15(25)16(26)27/h6-8,21H,2-5,9,20H2,1H3,(H,22,29)(H,26,27)/b10-8-. The lowest BCUT2D eigenvalue weighted by Crippen LogP contribution is -2.51. The average Bonchev–Trinajstić information content (AvgIpc) is 2.69. The van der Waals surface area contributed by atoms with E-state index in [0.29, 0.717) is 5.70 Å². The molecule has 9 nitrogen and oxygen atoms in total.